The zero-order chi connectivity index (χ0) is 20.9. The Kier molecular flexibility index (Phi) is 4.53. The lowest BCUT2D eigenvalue weighted by atomic mass is 10.0. The van der Waals surface area contributed by atoms with Crippen LogP contribution in [0.1, 0.15) is 21.1 Å². The van der Waals surface area contributed by atoms with Crippen LogP contribution in [-0.4, -0.2) is 51.9 Å². The van der Waals surface area contributed by atoms with Crippen molar-refractivity contribution in [1.29, 1.82) is 0 Å². The Bertz CT molecular complexity index is 1090. The number of halogens is 3. The molecule has 0 unspecified atom stereocenters. The smallest absolute Gasteiger partial charge is 0.393 e. The number of carbonyl (C=O) groups is 1. The average molecular weight is 434 g/mol. The Balaban J connectivity index is 1.44. The van der Waals surface area contributed by atoms with Gasteiger partial charge in [-0.25, -0.2) is 4.98 Å². The van der Waals surface area contributed by atoms with Crippen LogP contribution in [0.3, 0.4) is 0 Å². The lowest BCUT2D eigenvalue weighted by Gasteiger charge is -2.16. The minimum absolute atomic E-state index is 0.0617. The summed E-state index contributed by atoms with van der Waals surface area (Å²) in [5.74, 6) is -1.23. The number of alkyl halides is 3. The summed E-state index contributed by atoms with van der Waals surface area (Å²) in [5, 5.41) is 6.97. The summed E-state index contributed by atoms with van der Waals surface area (Å²) in [4.78, 5) is 19.5. The second-order valence-corrected chi connectivity index (χ2v) is 8.45. The third-order valence-electron chi connectivity index (χ3n) is 5.47. The highest BCUT2D eigenvalue weighted by molar-refractivity contribution is 7.14. The first kappa shape index (κ1) is 19.1. The van der Waals surface area contributed by atoms with E-state index in [1.807, 2.05) is 18.2 Å². The number of rotatable bonds is 2. The Hall–Kier alpha value is -2.88. The highest BCUT2D eigenvalue weighted by Crippen LogP contribution is 2.40. The third-order valence-corrected chi connectivity index (χ3v) is 6.58. The van der Waals surface area contributed by atoms with Crippen molar-refractivity contribution in [3.63, 3.8) is 0 Å². The molecule has 1 fully saturated rings. The van der Waals surface area contributed by atoms with E-state index in [-0.39, 0.29) is 24.5 Å². The molecule has 3 aromatic rings. The van der Waals surface area contributed by atoms with Gasteiger partial charge in [-0.05, 0) is 24.1 Å². The van der Waals surface area contributed by atoms with E-state index in [4.69, 9.17) is 4.74 Å². The molecule has 0 spiro atoms. The van der Waals surface area contributed by atoms with Crippen LogP contribution in [0.5, 0.6) is 5.75 Å². The van der Waals surface area contributed by atoms with Gasteiger partial charge in [-0.3, -0.25) is 9.89 Å². The molecule has 2 aliphatic rings. The summed E-state index contributed by atoms with van der Waals surface area (Å²) < 4.78 is 44.8. The van der Waals surface area contributed by atoms with E-state index < -0.39 is 18.0 Å². The maximum atomic E-state index is 13.0. The van der Waals surface area contributed by atoms with Crippen molar-refractivity contribution in [2.24, 2.45) is 5.92 Å². The first-order chi connectivity index (χ1) is 14.4. The number of likely N-dealkylation sites (tertiary alicyclic amines) is 1. The molecule has 1 atom stereocenters. The summed E-state index contributed by atoms with van der Waals surface area (Å²) in [5.41, 5.74) is 3.31. The molecule has 30 heavy (non-hydrogen) atoms. The standard InChI is InChI=1S/C20H17F3N4O2S/c21-20(22,23)13-3-5-27(10-13)19(28)18-26-17-14-2-1-11(12-8-24-25-9-12)7-15(14)29-6-4-16(17)30-18/h1-2,7-9,13H,3-6,10H2,(H,24,25)/t13-/m1/s1. The number of aromatic amines is 1. The number of nitrogens with one attached hydrogen (secondary N) is 1. The molecular formula is C20H17F3N4O2S. The third kappa shape index (κ3) is 3.34. The zero-order valence-corrected chi connectivity index (χ0v) is 16.5. The topological polar surface area (TPSA) is 71.1 Å². The van der Waals surface area contributed by atoms with E-state index in [0.717, 1.165) is 21.6 Å². The molecule has 0 bridgehead atoms. The Morgan fingerprint density at radius 3 is 2.90 bits per heavy atom. The number of amides is 1. The molecule has 1 saturated heterocycles. The molecule has 1 aromatic carbocycles. The number of carbonyl (C=O) groups excluding carboxylic acids is 1. The van der Waals surface area contributed by atoms with E-state index in [0.29, 0.717) is 24.5 Å². The van der Waals surface area contributed by atoms with Crippen molar-refractivity contribution >= 4 is 17.2 Å². The number of ether oxygens (including phenoxy) is 1. The van der Waals surface area contributed by atoms with Crippen molar-refractivity contribution < 1.29 is 22.7 Å². The van der Waals surface area contributed by atoms with Crippen LogP contribution in [0, 0.1) is 5.92 Å². The van der Waals surface area contributed by atoms with E-state index in [9.17, 15) is 18.0 Å². The minimum Gasteiger partial charge on any atom is -0.492 e. The number of thiazole rings is 1. The second kappa shape index (κ2) is 7.12. The lowest BCUT2D eigenvalue weighted by Crippen LogP contribution is -2.31. The Labute approximate surface area is 173 Å². The van der Waals surface area contributed by atoms with Crippen molar-refractivity contribution in [1.82, 2.24) is 20.1 Å². The van der Waals surface area contributed by atoms with Gasteiger partial charge in [0.05, 0.1) is 24.4 Å². The van der Waals surface area contributed by atoms with Crippen molar-refractivity contribution in [2.75, 3.05) is 19.7 Å². The maximum absolute atomic E-state index is 13.0. The van der Waals surface area contributed by atoms with Gasteiger partial charge in [-0.15, -0.1) is 11.3 Å². The van der Waals surface area contributed by atoms with Crippen molar-refractivity contribution in [2.45, 2.75) is 19.0 Å². The summed E-state index contributed by atoms with van der Waals surface area (Å²) in [6, 6.07) is 5.73. The molecule has 0 aliphatic carbocycles. The fraction of sp³-hybridized carbons (Fsp3) is 0.350. The number of fused-ring (bicyclic) bond motifs is 3. The van der Waals surface area contributed by atoms with Gasteiger partial charge in [0.1, 0.15) is 5.75 Å². The monoisotopic (exact) mass is 434 g/mol. The number of H-pyrrole nitrogens is 1. The van der Waals surface area contributed by atoms with Gasteiger partial charge in [0, 0.05) is 41.7 Å². The zero-order valence-electron chi connectivity index (χ0n) is 15.7. The van der Waals surface area contributed by atoms with Gasteiger partial charge in [-0.2, -0.15) is 18.3 Å². The van der Waals surface area contributed by atoms with Crippen LogP contribution in [-0.2, 0) is 6.42 Å². The van der Waals surface area contributed by atoms with E-state index in [1.165, 1.54) is 16.2 Å². The molecule has 156 valence electrons. The van der Waals surface area contributed by atoms with E-state index >= 15 is 0 Å². The Morgan fingerprint density at radius 2 is 2.17 bits per heavy atom. The highest BCUT2D eigenvalue weighted by atomic mass is 32.1. The summed E-state index contributed by atoms with van der Waals surface area (Å²) in [7, 11) is 0. The summed E-state index contributed by atoms with van der Waals surface area (Å²) in [6.07, 6.45) is -0.255. The van der Waals surface area contributed by atoms with Crippen LogP contribution in [0.25, 0.3) is 22.4 Å². The molecule has 1 amide bonds. The molecule has 0 saturated carbocycles. The van der Waals surface area contributed by atoms with Crippen molar-refractivity contribution in [3.8, 4) is 28.1 Å². The Morgan fingerprint density at radius 1 is 1.30 bits per heavy atom. The fourth-order valence-electron chi connectivity index (χ4n) is 3.85. The second-order valence-electron chi connectivity index (χ2n) is 7.37. The van der Waals surface area contributed by atoms with Gasteiger partial charge in [0.15, 0.2) is 5.01 Å². The number of hydrogen-bond donors (Lipinski definition) is 1. The maximum Gasteiger partial charge on any atom is 0.393 e. The quantitative estimate of drug-likeness (QED) is 0.658. The predicted octanol–water partition coefficient (Wildman–Crippen LogP) is 4.16. The predicted molar refractivity (Wildman–Crippen MR) is 104 cm³/mol. The van der Waals surface area contributed by atoms with Gasteiger partial charge in [0.25, 0.3) is 5.91 Å². The first-order valence-corrected chi connectivity index (χ1v) is 10.3. The van der Waals surface area contributed by atoms with Crippen LogP contribution in [0.4, 0.5) is 13.2 Å². The van der Waals surface area contributed by atoms with Crippen LogP contribution in [0.2, 0.25) is 0 Å². The molecule has 1 N–H and O–H groups in total. The molecule has 4 heterocycles. The number of benzene rings is 1. The van der Waals surface area contributed by atoms with Crippen LogP contribution < -0.4 is 4.74 Å². The van der Waals surface area contributed by atoms with E-state index in [1.54, 1.807) is 12.4 Å². The average Bonchev–Trinajstić information content (AvgIpc) is 3.46. The highest BCUT2D eigenvalue weighted by Gasteiger charge is 2.45. The van der Waals surface area contributed by atoms with Gasteiger partial charge in [-0.1, -0.05) is 6.07 Å². The van der Waals surface area contributed by atoms with Gasteiger partial charge in [0.2, 0.25) is 0 Å². The normalized spacial score (nSPS) is 18.5. The largest absolute Gasteiger partial charge is 0.492 e. The number of aromatic nitrogens is 3. The molecule has 10 heteroatoms. The SMILES string of the molecule is O=C(c1nc2c(s1)CCOc1cc(-c3cn[nH]c3)ccc1-2)N1CC[C@@H](C(F)(F)F)C1. The molecule has 6 nitrogen and oxygen atoms in total. The molecular weight excluding hydrogens is 417 g/mol. The van der Waals surface area contributed by atoms with Gasteiger partial charge >= 0.3 is 6.18 Å². The fourth-order valence-corrected chi connectivity index (χ4v) is 4.87. The van der Waals surface area contributed by atoms with Crippen molar-refractivity contribution in [3.05, 3.63) is 40.5 Å². The summed E-state index contributed by atoms with van der Waals surface area (Å²) in [6.45, 7) is 0.228. The molecule has 5 rings (SSSR count). The lowest BCUT2D eigenvalue weighted by molar-refractivity contribution is -0.169. The first-order valence-electron chi connectivity index (χ1n) is 9.52. The number of nitrogens with zero attached hydrogens (tertiary/aromatic N) is 3. The van der Waals surface area contributed by atoms with Gasteiger partial charge < -0.3 is 9.64 Å². The van der Waals surface area contributed by atoms with E-state index in [2.05, 4.69) is 15.2 Å². The minimum atomic E-state index is -4.28. The van der Waals surface area contributed by atoms with Crippen LogP contribution in [0.15, 0.2) is 30.6 Å². The molecule has 2 aromatic heterocycles. The number of hydrogen-bond acceptors (Lipinski definition) is 5. The molecule has 0 radical (unpaired) electrons. The van der Waals surface area contributed by atoms with Crippen LogP contribution >= 0.6 is 11.3 Å². The summed E-state index contributed by atoms with van der Waals surface area (Å²) >= 11 is 1.24. The molecule has 2 aliphatic heterocycles.